The predicted octanol–water partition coefficient (Wildman–Crippen LogP) is 4.04. The van der Waals surface area contributed by atoms with E-state index in [4.69, 9.17) is 5.11 Å². The third kappa shape index (κ3) is 17.2. The zero-order valence-electron chi connectivity index (χ0n) is 18.8. The Hall–Kier alpha value is -1.43. The quantitative estimate of drug-likeness (QED) is 0.263. The van der Waals surface area contributed by atoms with Crippen LogP contribution in [0.15, 0.2) is 0 Å². The monoisotopic (exact) mass is 412 g/mol. The van der Waals surface area contributed by atoms with Gasteiger partial charge in [-0.25, -0.2) is 0 Å². The van der Waals surface area contributed by atoms with E-state index in [2.05, 4.69) is 17.6 Å². The van der Waals surface area contributed by atoms with Crippen LogP contribution in [0.25, 0.3) is 0 Å². The first-order valence-electron chi connectivity index (χ1n) is 11.7. The van der Waals surface area contributed by atoms with Crippen molar-refractivity contribution in [3.05, 3.63) is 0 Å². The third-order valence-electron chi connectivity index (χ3n) is 5.21. The Kier molecular flexibility index (Phi) is 18.9. The highest BCUT2D eigenvalue weighted by atomic mass is 16.3. The first kappa shape index (κ1) is 27.6. The summed E-state index contributed by atoms with van der Waals surface area (Å²) in [5.74, 6) is -0.825. The smallest absolute Gasteiger partial charge is 0.240 e. The number of aliphatic hydroxyl groups is 1. The Balaban J connectivity index is 3.50. The van der Waals surface area contributed by atoms with Crippen LogP contribution in [0.3, 0.4) is 0 Å². The fraction of sp³-hybridized carbons (Fsp3) is 0.870. The van der Waals surface area contributed by atoms with Crippen molar-refractivity contribution < 1.29 is 19.5 Å². The second kappa shape index (κ2) is 19.9. The molecule has 0 aromatic carbocycles. The van der Waals surface area contributed by atoms with Gasteiger partial charge in [-0.3, -0.25) is 14.4 Å². The summed E-state index contributed by atoms with van der Waals surface area (Å²) in [5, 5.41) is 14.1. The van der Waals surface area contributed by atoms with Crippen molar-refractivity contribution in [2.75, 3.05) is 13.2 Å². The van der Waals surface area contributed by atoms with Gasteiger partial charge < -0.3 is 15.7 Å². The maximum absolute atomic E-state index is 11.8. The molecule has 0 aliphatic carbocycles. The third-order valence-corrected chi connectivity index (χ3v) is 5.21. The molecule has 0 saturated heterocycles. The predicted molar refractivity (Wildman–Crippen MR) is 118 cm³/mol. The molecule has 3 N–H and O–H groups in total. The molecule has 6 nitrogen and oxygen atoms in total. The van der Waals surface area contributed by atoms with E-state index in [1.54, 1.807) is 6.92 Å². The van der Waals surface area contributed by atoms with Gasteiger partial charge in [0.05, 0.1) is 13.2 Å². The minimum Gasteiger partial charge on any atom is -0.394 e. The second-order valence-corrected chi connectivity index (χ2v) is 7.89. The molecule has 0 fully saturated rings. The molecule has 2 amide bonds. The van der Waals surface area contributed by atoms with Crippen LogP contribution in [0.2, 0.25) is 0 Å². The minimum absolute atomic E-state index is 0.148. The molecule has 1 atom stereocenters. The first-order valence-corrected chi connectivity index (χ1v) is 11.7. The van der Waals surface area contributed by atoms with Crippen molar-refractivity contribution in [1.82, 2.24) is 10.6 Å². The summed E-state index contributed by atoms with van der Waals surface area (Å²) in [7, 11) is 0. The van der Waals surface area contributed by atoms with Crippen molar-refractivity contribution in [3.8, 4) is 0 Å². The average molecular weight is 413 g/mol. The molecule has 0 spiro atoms. The molecular weight excluding hydrogens is 368 g/mol. The number of ketones is 1. The highest BCUT2D eigenvalue weighted by molar-refractivity contribution is 5.91. The number of aliphatic hydroxyl groups excluding tert-OH is 1. The highest BCUT2D eigenvalue weighted by Gasteiger charge is 2.18. The Morgan fingerprint density at radius 1 is 0.724 bits per heavy atom. The van der Waals surface area contributed by atoms with E-state index in [0.29, 0.717) is 6.42 Å². The highest BCUT2D eigenvalue weighted by Crippen LogP contribution is 2.12. The van der Waals surface area contributed by atoms with Crippen LogP contribution in [0.5, 0.6) is 0 Å². The van der Waals surface area contributed by atoms with Crippen molar-refractivity contribution in [2.24, 2.45) is 0 Å². The molecule has 0 radical (unpaired) electrons. The lowest BCUT2D eigenvalue weighted by Gasteiger charge is -2.14. The number of hydrogen-bond acceptors (Lipinski definition) is 4. The number of unbranched alkanes of at least 4 members (excludes halogenated alkanes) is 12. The number of amides is 2. The maximum atomic E-state index is 11.8. The fourth-order valence-corrected chi connectivity index (χ4v) is 3.29. The van der Waals surface area contributed by atoms with Gasteiger partial charge in [-0.05, 0) is 6.42 Å². The lowest BCUT2D eigenvalue weighted by Crippen LogP contribution is -2.47. The van der Waals surface area contributed by atoms with Crippen molar-refractivity contribution in [2.45, 2.75) is 116 Å². The topological polar surface area (TPSA) is 95.5 Å². The molecule has 0 unspecified atom stereocenters. The molecule has 29 heavy (non-hydrogen) atoms. The second-order valence-electron chi connectivity index (χ2n) is 7.89. The molecule has 0 aliphatic heterocycles. The SMILES string of the molecule is CCCCCCCCCCCCCCCC(=O)NCC(=O)N[C@@H](CO)C(=O)CC. The summed E-state index contributed by atoms with van der Waals surface area (Å²) in [6, 6.07) is -0.884. The standard InChI is InChI=1S/C23H44N2O4/c1-3-5-6-7-8-9-10-11-12-13-14-15-16-17-22(28)24-18-23(29)25-20(19-26)21(27)4-2/h20,26H,3-19H2,1-2H3,(H,24,28)(H,25,29)/t20-/m0/s1. The maximum Gasteiger partial charge on any atom is 0.240 e. The molecule has 0 heterocycles. The summed E-state index contributed by atoms with van der Waals surface area (Å²) in [6.07, 6.45) is 17.1. The molecule has 6 heteroatoms. The van der Waals surface area contributed by atoms with Gasteiger partial charge in [0.25, 0.3) is 0 Å². The van der Waals surface area contributed by atoms with Crippen LogP contribution in [0, 0.1) is 0 Å². The molecule has 0 saturated carbocycles. The molecule has 0 aromatic rings. The van der Waals surface area contributed by atoms with Crippen molar-refractivity contribution in [1.29, 1.82) is 0 Å². The molecule has 0 rings (SSSR count). The molecule has 0 aliphatic rings. The van der Waals surface area contributed by atoms with Gasteiger partial charge in [0, 0.05) is 12.8 Å². The van der Waals surface area contributed by atoms with Gasteiger partial charge >= 0.3 is 0 Å². The van der Waals surface area contributed by atoms with Crippen LogP contribution in [0.1, 0.15) is 110 Å². The largest absolute Gasteiger partial charge is 0.394 e. The van der Waals surface area contributed by atoms with Gasteiger partial charge in [0.1, 0.15) is 6.04 Å². The Morgan fingerprint density at radius 2 is 1.21 bits per heavy atom. The lowest BCUT2D eigenvalue weighted by molar-refractivity contribution is -0.129. The van der Waals surface area contributed by atoms with Gasteiger partial charge in [-0.15, -0.1) is 0 Å². The molecule has 170 valence electrons. The van der Waals surface area contributed by atoms with Gasteiger partial charge in [0.15, 0.2) is 5.78 Å². The van der Waals surface area contributed by atoms with E-state index < -0.39 is 18.6 Å². The summed E-state index contributed by atoms with van der Waals surface area (Å²) in [5.41, 5.74) is 0. The van der Waals surface area contributed by atoms with Crippen LogP contribution in [0.4, 0.5) is 0 Å². The van der Waals surface area contributed by atoms with E-state index in [9.17, 15) is 14.4 Å². The number of carbonyl (C=O) groups excluding carboxylic acids is 3. The van der Waals surface area contributed by atoms with E-state index in [-0.39, 0.29) is 24.7 Å². The summed E-state index contributed by atoms with van der Waals surface area (Å²) < 4.78 is 0. The fourth-order valence-electron chi connectivity index (χ4n) is 3.29. The Morgan fingerprint density at radius 3 is 1.66 bits per heavy atom. The lowest BCUT2D eigenvalue weighted by atomic mass is 10.0. The Labute approximate surface area is 177 Å². The number of carbonyl (C=O) groups is 3. The van der Waals surface area contributed by atoms with E-state index in [1.807, 2.05) is 0 Å². The molecule has 0 aromatic heterocycles. The van der Waals surface area contributed by atoms with Crippen LogP contribution >= 0.6 is 0 Å². The number of hydrogen-bond donors (Lipinski definition) is 3. The van der Waals surface area contributed by atoms with E-state index in [0.717, 1.165) is 19.3 Å². The first-order chi connectivity index (χ1) is 14.0. The van der Waals surface area contributed by atoms with Gasteiger partial charge in [-0.1, -0.05) is 90.9 Å². The average Bonchev–Trinajstić information content (AvgIpc) is 2.73. The molecular formula is C23H44N2O4. The van der Waals surface area contributed by atoms with E-state index in [1.165, 1.54) is 64.2 Å². The number of rotatable bonds is 20. The minimum atomic E-state index is -0.884. The zero-order chi connectivity index (χ0) is 21.7. The van der Waals surface area contributed by atoms with E-state index >= 15 is 0 Å². The number of nitrogens with one attached hydrogen (secondary N) is 2. The van der Waals surface area contributed by atoms with Gasteiger partial charge in [0.2, 0.25) is 11.8 Å². The summed E-state index contributed by atoms with van der Waals surface area (Å²) in [6.45, 7) is 3.34. The van der Waals surface area contributed by atoms with Crippen LogP contribution in [-0.2, 0) is 14.4 Å². The zero-order valence-corrected chi connectivity index (χ0v) is 18.8. The summed E-state index contributed by atoms with van der Waals surface area (Å²) >= 11 is 0. The normalized spacial score (nSPS) is 11.8. The Bertz CT molecular complexity index is 441. The number of Topliss-reactive ketones (excluding diaryl/α,β-unsaturated/α-hetero) is 1. The van der Waals surface area contributed by atoms with Crippen LogP contribution < -0.4 is 10.6 Å². The molecule has 0 bridgehead atoms. The van der Waals surface area contributed by atoms with Gasteiger partial charge in [-0.2, -0.15) is 0 Å². The van der Waals surface area contributed by atoms with Crippen LogP contribution in [-0.4, -0.2) is 41.9 Å². The summed E-state index contributed by atoms with van der Waals surface area (Å²) in [4.78, 5) is 35.0. The van der Waals surface area contributed by atoms with Crippen molar-refractivity contribution >= 4 is 17.6 Å². The van der Waals surface area contributed by atoms with Crippen molar-refractivity contribution in [3.63, 3.8) is 0 Å².